The molecule has 2 aromatic heterocycles. The second-order valence-electron chi connectivity index (χ2n) is 7.37. The number of hydrogen-bond acceptors (Lipinski definition) is 8. The van der Waals surface area contributed by atoms with E-state index in [1.807, 2.05) is 0 Å². The number of aliphatic hydroxyl groups excluding tert-OH is 2. The lowest BCUT2D eigenvalue weighted by atomic mass is 9.94. The Morgan fingerprint density at radius 1 is 1.22 bits per heavy atom. The first-order valence-corrected chi connectivity index (χ1v) is 12.5. The number of sulfonamides is 1. The number of hydrogen-bond donors (Lipinski definition) is 3. The fourth-order valence-electron chi connectivity index (χ4n) is 2.86. The first-order valence-electron chi connectivity index (χ1n) is 9.65. The molecular formula is C20H22ClFN4O4S2. The van der Waals surface area contributed by atoms with Gasteiger partial charge in [0.15, 0.2) is 5.82 Å². The molecule has 0 unspecified atom stereocenters. The van der Waals surface area contributed by atoms with E-state index >= 15 is 4.39 Å². The third kappa shape index (κ3) is 5.07. The highest BCUT2D eigenvalue weighted by atomic mass is 35.5. The molecule has 1 aromatic carbocycles. The molecule has 172 valence electrons. The van der Waals surface area contributed by atoms with Crippen LogP contribution in [-0.4, -0.2) is 52.5 Å². The van der Waals surface area contributed by atoms with Crippen molar-refractivity contribution in [3.63, 3.8) is 0 Å². The van der Waals surface area contributed by atoms with Gasteiger partial charge in [0.2, 0.25) is 15.3 Å². The van der Waals surface area contributed by atoms with E-state index in [0.29, 0.717) is 22.0 Å². The molecule has 3 aromatic rings. The van der Waals surface area contributed by atoms with Gasteiger partial charge in [0.05, 0.1) is 46.3 Å². The average molecular weight is 501 g/mol. The summed E-state index contributed by atoms with van der Waals surface area (Å²) in [6.45, 7) is 2.55. The number of benzene rings is 1. The quantitative estimate of drug-likeness (QED) is 0.384. The van der Waals surface area contributed by atoms with Crippen molar-refractivity contribution in [3.05, 3.63) is 46.6 Å². The molecule has 0 aliphatic carbocycles. The highest BCUT2D eigenvalue weighted by Gasteiger charge is 2.32. The minimum absolute atomic E-state index is 0.0166. The number of thiazole rings is 1. The van der Waals surface area contributed by atoms with Crippen LogP contribution in [0.3, 0.4) is 0 Å². The molecule has 2 heterocycles. The number of anilines is 1. The third-order valence-corrected chi connectivity index (χ3v) is 7.74. The van der Waals surface area contributed by atoms with Gasteiger partial charge >= 0.3 is 0 Å². The van der Waals surface area contributed by atoms with Gasteiger partial charge in [-0.3, -0.25) is 4.72 Å². The van der Waals surface area contributed by atoms with E-state index in [4.69, 9.17) is 11.6 Å². The van der Waals surface area contributed by atoms with Crippen LogP contribution in [0.25, 0.3) is 21.8 Å². The average Bonchev–Trinajstić information content (AvgIpc) is 3.20. The van der Waals surface area contributed by atoms with E-state index in [2.05, 4.69) is 19.7 Å². The van der Waals surface area contributed by atoms with Crippen LogP contribution in [0.1, 0.15) is 25.3 Å². The van der Waals surface area contributed by atoms with E-state index in [-0.39, 0.29) is 41.2 Å². The first kappa shape index (κ1) is 24.5. The van der Waals surface area contributed by atoms with E-state index in [9.17, 15) is 18.6 Å². The van der Waals surface area contributed by atoms with Crippen LogP contribution in [0, 0.1) is 5.82 Å². The summed E-state index contributed by atoms with van der Waals surface area (Å²) < 4.78 is 42.0. The molecule has 0 saturated heterocycles. The molecule has 0 aliphatic rings. The Kier molecular flexibility index (Phi) is 7.46. The summed E-state index contributed by atoms with van der Waals surface area (Å²) in [5.41, 5.74) is -0.692. The molecule has 3 rings (SSSR count). The van der Waals surface area contributed by atoms with Crippen LogP contribution in [0.2, 0.25) is 5.28 Å². The Balaban J connectivity index is 2.21. The maximum absolute atomic E-state index is 15.5. The number of nitrogens with one attached hydrogen (secondary N) is 1. The number of nitrogens with zero attached hydrogens (tertiary/aromatic N) is 3. The molecule has 3 N–H and O–H groups in total. The van der Waals surface area contributed by atoms with Crippen molar-refractivity contribution in [2.45, 2.75) is 25.7 Å². The van der Waals surface area contributed by atoms with Crippen molar-refractivity contribution < 1.29 is 23.0 Å². The van der Waals surface area contributed by atoms with Crippen molar-refractivity contribution >= 4 is 38.6 Å². The lowest BCUT2D eigenvalue weighted by Gasteiger charge is -2.21. The molecule has 0 radical (unpaired) electrons. The van der Waals surface area contributed by atoms with Gasteiger partial charge in [-0.15, -0.1) is 11.3 Å². The molecular weight excluding hydrogens is 479 g/mol. The fraction of sp³-hybridized carbons (Fsp3) is 0.350. The zero-order valence-electron chi connectivity index (χ0n) is 17.3. The van der Waals surface area contributed by atoms with Crippen LogP contribution in [0.15, 0.2) is 30.5 Å². The van der Waals surface area contributed by atoms with Gasteiger partial charge in [0, 0.05) is 11.8 Å². The second-order valence-corrected chi connectivity index (χ2v) is 10.6. The molecule has 0 amide bonds. The molecule has 8 nitrogen and oxygen atoms in total. The number of aromatic nitrogens is 3. The Morgan fingerprint density at radius 3 is 2.56 bits per heavy atom. The minimum atomic E-state index is -3.71. The van der Waals surface area contributed by atoms with E-state index in [1.54, 1.807) is 19.9 Å². The van der Waals surface area contributed by atoms with Crippen molar-refractivity contribution in [2.24, 2.45) is 0 Å². The van der Waals surface area contributed by atoms with Crippen LogP contribution >= 0.6 is 22.9 Å². The monoisotopic (exact) mass is 500 g/mol. The second kappa shape index (κ2) is 9.75. The maximum Gasteiger partial charge on any atom is 0.232 e. The molecule has 0 saturated carbocycles. The fourth-order valence-corrected chi connectivity index (χ4v) is 5.32. The zero-order valence-corrected chi connectivity index (χ0v) is 19.7. The highest BCUT2D eigenvalue weighted by Crippen LogP contribution is 2.42. The Morgan fingerprint density at radius 2 is 1.94 bits per heavy atom. The summed E-state index contributed by atoms with van der Waals surface area (Å²) >= 11 is 7.06. The summed E-state index contributed by atoms with van der Waals surface area (Å²) in [5, 5.41) is 20.0. The largest absolute Gasteiger partial charge is 0.395 e. The molecule has 0 fully saturated rings. The summed E-state index contributed by atoms with van der Waals surface area (Å²) in [6, 6.07) is 5.88. The molecule has 32 heavy (non-hydrogen) atoms. The molecule has 0 atom stereocenters. The van der Waals surface area contributed by atoms with Gasteiger partial charge in [0.1, 0.15) is 5.01 Å². The van der Waals surface area contributed by atoms with Crippen molar-refractivity contribution in [3.8, 4) is 21.8 Å². The van der Waals surface area contributed by atoms with Gasteiger partial charge in [-0.25, -0.2) is 27.8 Å². The molecule has 0 aliphatic heterocycles. The van der Waals surface area contributed by atoms with Crippen LogP contribution < -0.4 is 4.72 Å². The van der Waals surface area contributed by atoms with Gasteiger partial charge in [-0.2, -0.15) is 0 Å². The molecule has 12 heteroatoms. The lowest BCUT2D eigenvalue weighted by Crippen LogP contribution is -2.30. The van der Waals surface area contributed by atoms with Gasteiger partial charge in [-0.1, -0.05) is 13.0 Å². The topological polar surface area (TPSA) is 125 Å². The summed E-state index contributed by atoms with van der Waals surface area (Å²) in [4.78, 5) is 13.0. The molecule has 0 spiro atoms. The smallest absolute Gasteiger partial charge is 0.232 e. The summed E-state index contributed by atoms with van der Waals surface area (Å²) in [5.74, 6) is -0.951. The Hall–Kier alpha value is -2.18. The number of aliphatic hydroxyl groups is 2. The minimum Gasteiger partial charge on any atom is -0.395 e. The number of halogens is 2. The first-order chi connectivity index (χ1) is 15.1. The molecule has 0 bridgehead atoms. The van der Waals surface area contributed by atoms with E-state index < -0.39 is 21.3 Å². The Bertz CT molecular complexity index is 1220. The van der Waals surface area contributed by atoms with Crippen molar-refractivity contribution in [2.75, 3.05) is 23.7 Å². The highest BCUT2D eigenvalue weighted by molar-refractivity contribution is 7.92. The maximum atomic E-state index is 15.5. The zero-order chi connectivity index (χ0) is 23.5. The van der Waals surface area contributed by atoms with Gasteiger partial charge in [-0.05, 0) is 43.1 Å². The van der Waals surface area contributed by atoms with E-state index in [1.165, 1.54) is 24.4 Å². The van der Waals surface area contributed by atoms with Crippen LogP contribution in [0.5, 0.6) is 0 Å². The van der Waals surface area contributed by atoms with Gasteiger partial charge in [0.25, 0.3) is 0 Å². The standard InChI is InChI=1S/C20H22ClFN4O4S2/c1-3-9-32(29,30)26-13-6-4-5-12(15(13)22)16-17(14-7-8-23-19(21)24-14)31-18(25-16)20(2,10-27)11-28/h4-8,26-28H,3,9-11H2,1-2H3. The predicted octanol–water partition coefficient (Wildman–Crippen LogP) is 3.45. The lowest BCUT2D eigenvalue weighted by molar-refractivity contribution is 0.129. The number of rotatable bonds is 9. The SMILES string of the molecule is CCCS(=O)(=O)Nc1cccc(-c2nc(C(C)(CO)CO)sc2-c2ccnc(Cl)n2)c1F. The van der Waals surface area contributed by atoms with Crippen molar-refractivity contribution in [1.82, 2.24) is 15.0 Å². The van der Waals surface area contributed by atoms with E-state index in [0.717, 1.165) is 11.3 Å². The van der Waals surface area contributed by atoms with Gasteiger partial charge < -0.3 is 10.2 Å². The Labute approximate surface area is 194 Å². The summed E-state index contributed by atoms with van der Waals surface area (Å²) in [7, 11) is -3.71. The third-order valence-electron chi connectivity index (χ3n) is 4.69. The van der Waals surface area contributed by atoms with Crippen molar-refractivity contribution in [1.29, 1.82) is 0 Å². The van der Waals surface area contributed by atoms with Crippen LogP contribution in [-0.2, 0) is 15.4 Å². The van der Waals surface area contributed by atoms with Crippen LogP contribution in [0.4, 0.5) is 10.1 Å². The summed E-state index contributed by atoms with van der Waals surface area (Å²) in [6.07, 6.45) is 1.82. The predicted molar refractivity (Wildman–Crippen MR) is 123 cm³/mol. The normalized spacial score (nSPS) is 12.2.